The molecule has 0 bridgehead atoms. The van der Waals surface area contributed by atoms with E-state index in [1.807, 2.05) is 51.1 Å². The van der Waals surface area contributed by atoms with Crippen LogP contribution in [0.15, 0.2) is 59.6 Å². The van der Waals surface area contributed by atoms with Crippen molar-refractivity contribution in [3.8, 4) is 0 Å². The molecule has 0 unspecified atom stereocenters. The van der Waals surface area contributed by atoms with E-state index in [9.17, 15) is 9.59 Å². The van der Waals surface area contributed by atoms with Crippen LogP contribution >= 0.6 is 0 Å². The van der Waals surface area contributed by atoms with Gasteiger partial charge in [0.1, 0.15) is 12.2 Å². The maximum absolute atomic E-state index is 13.4. The first-order valence-corrected chi connectivity index (χ1v) is 14.0. The fraction of sp³-hybridized carbons (Fsp3) is 0.516. The lowest BCUT2D eigenvalue weighted by atomic mass is 9.88. The fourth-order valence-electron chi connectivity index (χ4n) is 5.84. The highest BCUT2D eigenvalue weighted by Crippen LogP contribution is 2.42. The topological polar surface area (TPSA) is 111 Å². The van der Waals surface area contributed by atoms with Crippen LogP contribution in [0, 0.1) is 0 Å². The Balaban J connectivity index is 1.21. The third kappa shape index (κ3) is 5.19. The molecule has 218 valence electrons. The number of ether oxygens (including phenoxy) is 7. The van der Waals surface area contributed by atoms with Crippen molar-refractivity contribution in [2.75, 3.05) is 6.61 Å². The van der Waals surface area contributed by atoms with E-state index in [4.69, 9.17) is 33.2 Å². The largest absolute Gasteiger partial charge is 0.455 e. The SMILES string of the molecule is CCC[C@]1(c2ccc(C(=O)O[C@H]3[C@@H]4OC(C)(C)O[C@H]4O[C@H]3[C@H]3COC(C)(C)O3)cc2)OC(c2ccccc2)=NC1=O. The minimum absolute atomic E-state index is 0.282. The Labute approximate surface area is 238 Å². The number of nitrogens with zero attached hydrogens (tertiary/aromatic N) is 1. The van der Waals surface area contributed by atoms with Crippen molar-refractivity contribution in [3.05, 3.63) is 71.3 Å². The zero-order valence-corrected chi connectivity index (χ0v) is 23.8. The Hall–Kier alpha value is -3.15. The standard InChI is InChI=1S/C31H35NO9/c1-6-16-31(28(34)32-25(40-31)18-10-8-7-9-11-18)20-14-12-19(13-15-20)26(33)36-23-22(21-17-35-29(2,3)38-21)37-27-24(23)39-30(4,5)41-27/h7-15,21-24,27H,6,16-17H2,1-5H3/t21-,22+,23-,24+,27-,31-/m1/s1. The second-order valence-corrected chi connectivity index (χ2v) is 11.7. The highest BCUT2D eigenvalue weighted by atomic mass is 16.8. The molecule has 4 aliphatic heterocycles. The number of aliphatic imine (C=N–C) groups is 1. The van der Waals surface area contributed by atoms with Crippen molar-refractivity contribution in [1.29, 1.82) is 0 Å². The molecule has 1 amide bonds. The van der Waals surface area contributed by atoms with E-state index >= 15 is 0 Å². The van der Waals surface area contributed by atoms with Gasteiger partial charge < -0.3 is 33.2 Å². The van der Waals surface area contributed by atoms with Gasteiger partial charge in [-0.1, -0.05) is 43.7 Å². The lowest BCUT2D eigenvalue weighted by Gasteiger charge is -2.29. The van der Waals surface area contributed by atoms with Crippen molar-refractivity contribution in [2.45, 2.75) is 95.3 Å². The molecule has 0 spiro atoms. The first-order chi connectivity index (χ1) is 19.5. The summed E-state index contributed by atoms with van der Waals surface area (Å²) in [5, 5.41) is 0. The summed E-state index contributed by atoms with van der Waals surface area (Å²) in [6.45, 7) is 9.47. The Morgan fingerprint density at radius 1 is 0.951 bits per heavy atom. The highest BCUT2D eigenvalue weighted by molar-refractivity contribution is 6.09. The van der Waals surface area contributed by atoms with Gasteiger partial charge in [-0.3, -0.25) is 4.79 Å². The molecule has 2 aromatic carbocycles. The van der Waals surface area contributed by atoms with Crippen molar-refractivity contribution in [1.82, 2.24) is 0 Å². The fourth-order valence-corrected chi connectivity index (χ4v) is 5.84. The van der Waals surface area contributed by atoms with Gasteiger partial charge >= 0.3 is 5.97 Å². The number of carbonyl (C=O) groups excluding carboxylic acids is 2. The van der Waals surface area contributed by atoms with Crippen LogP contribution in [0.4, 0.5) is 0 Å². The second-order valence-electron chi connectivity index (χ2n) is 11.7. The van der Waals surface area contributed by atoms with E-state index in [-0.39, 0.29) is 18.4 Å². The molecule has 41 heavy (non-hydrogen) atoms. The Kier molecular flexibility index (Phi) is 7.02. The van der Waals surface area contributed by atoms with E-state index in [1.54, 1.807) is 38.1 Å². The molecular formula is C31H35NO9. The summed E-state index contributed by atoms with van der Waals surface area (Å²) >= 11 is 0. The second kappa shape index (κ2) is 10.3. The third-order valence-corrected chi connectivity index (χ3v) is 7.70. The van der Waals surface area contributed by atoms with Crippen LogP contribution in [0.2, 0.25) is 0 Å². The molecule has 0 saturated carbocycles. The van der Waals surface area contributed by atoms with Gasteiger partial charge in [-0.05, 0) is 52.0 Å². The average Bonchev–Trinajstić information content (AvgIpc) is 3.65. The van der Waals surface area contributed by atoms with Gasteiger partial charge in [0.05, 0.1) is 12.2 Å². The van der Waals surface area contributed by atoms with Gasteiger partial charge in [0.2, 0.25) is 11.5 Å². The Bertz CT molecular complexity index is 1340. The van der Waals surface area contributed by atoms with Gasteiger partial charge in [0.25, 0.3) is 5.91 Å². The lowest BCUT2D eigenvalue weighted by molar-refractivity contribution is -0.232. The van der Waals surface area contributed by atoms with Crippen LogP contribution in [-0.4, -0.2) is 66.7 Å². The van der Waals surface area contributed by atoms with Gasteiger partial charge in [0, 0.05) is 17.5 Å². The number of benzene rings is 2. The minimum atomic E-state index is -1.26. The molecule has 0 aliphatic carbocycles. The molecule has 3 saturated heterocycles. The summed E-state index contributed by atoms with van der Waals surface area (Å²) in [4.78, 5) is 30.9. The number of rotatable bonds is 7. The Morgan fingerprint density at radius 2 is 1.68 bits per heavy atom. The van der Waals surface area contributed by atoms with E-state index < -0.39 is 53.9 Å². The molecule has 10 nitrogen and oxygen atoms in total. The predicted molar refractivity (Wildman–Crippen MR) is 145 cm³/mol. The molecule has 3 fully saturated rings. The molecule has 4 aliphatic rings. The summed E-state index contributed by atoms with van der Waals surface area (Å²) in [5.74, 6) is -2.31. The van der Waals surface area contributed by atoms with Gasteiger partial charge in [0.15, 0.2) is 30.1 Å². The summed E-state index contributed by atoms with van der Waals surface area (Å²) in [7, 11) is 0. The number of hydrogen-bond donors (Lipinski definition) is 0. The molecule has 6 rings (SSSR count). The van der Waals surface area contributed by atoms with Gasteiger partial charge in [-0.2, -0.15) is 4.99 Å². The number of amides is 1. The van der Waals surface area contributed by atoms with E-state index in [2.05, 4.69) is 4.99 Å². The maximum Gasteiger partial charge on any atom is 0.338 e. The Morgan fingerprint density at radius 3 is 2.34 bits per heavy atom. The number of esters is 1. The normalized spacial score (nSPS) is 33.3. The van der Waals surface area contributed by atoms with Gasteiger partial charge in [-0.25, -0.2) is 4.79 Å². The summed E-state index contributed by atoms with van der Waals surface area (Å²) < 4.78 is 42.1. The smallest absolute Gasteiger partial charge is 0.338 e. The zero-order chi connectivity index (χ0) is 29.0. The van der Waals surface area contributed by atoms with Crippen molar-refractivity contribution >= 4 is 17.8 Å². The van der Waals surface area contributed by atoms with Crippen LogP contribution in [0.1, 0.15) is 68.9 Å². The number of fused-ring (bicyclic) bond motifs is 1. The molecule has 0 N–H and O–H groups in total. The van der Waals surface area contributed by atoms with Gasteiger partial charge in [-0.15, -0.1) is 0 Å². The number of hydrogen-bond acceptors (Lipinski definition) is 9. The first kappa shape index (κ1) is 28.0. The molecule has 2 aromatic rings. The quantitative estimate of drug-likeness (QED) is 0.455. The van der Waals surface area contributed by atoms with Crippen LogP contribution in [0.3, 0.4) is 0 Å². The predicted octanol–water partition coefficient (Wildman–Crippen LogP) is 4.24. The van der Waals surface area contributed by atoms with Crippen LogP contribution in [0.5, 0.6) is 0 Å². The van der Waals surface area contributed by atoms with Crippen molar-refractivity contribution in [3.63, 3.8) is 0 Å². The van der Waals surface area contributed by atoms with E-state index in [0.29, 0.717) is 24.0 Å². The van der Waals surface area contributed by atoms with Crippen molar-refractivity contribution in [2.24, 2.45) is 4.99 Å². The molecule has 0 radical (unpaired) electrons. The third-order valence-electron chi connectivity index (χ3n) is 7.70. The maximum atomic E-state index is 13.4. The zero-order valence-electron chi connectivity index (χ0n) is 23.8. The minimum Gasteiger partial charge on any atom is -0.455 e. The van der Waals surface area contributed by atoms with E-state index in [0.717, 1.165) is 5.56 Å². The van der Waals surface area contributed by atoms with Crippen LogP contribution in [0.25, 0.3) is 0 Å². The first-order valence-electron chi connectivity index (χ1n) is 14.0. The summed E-state index contributed by atoms with van der Waals surface area (Å²) in [6, 6.07) is 16.0. The number of carbonyl (C=O) groups is 2. The van der Waals surface area contributed by atoms with Crippen LogP contribution < -0.4 is 0 Å². The average molecular weight is 566 g/mol. The monoisotopic (exact) mass is 565 g/mol. The molecular weight excluding hydrogens is 530 g/mol. The molecule has 0 aromatic heterocycles. The van der Waals surface area contributed by atoms with Crippen LogP contribution in [-0.2, 0) is 43.6 Å². The van der Waals surface area contributed by atoms with Crippen molar-refractivity contribution < 1.29 is 42.7 Å². The molecule has 4 heterocycles. The molecule has 10 heteroatoms. The summed E-state index contributed by atoms with van der Waals surface area (Å²) in [5.41, 5.74) is 0.393. The lowest BCUT2D eigenvalue weighted by Crippen LogP contribution is -2.45. The molecule has 6 atom stereocenters. The highest BCUT2D eigenvalue weighted by Gasteiger charge is 2.60. The van der Waals surface area contributed by atoms with E-state index in [1.165, 1.54) is 0 Å². The summed E-state index contributed by atoms with van der Waals surface area (Å²) in [6.07, 6.45) is -2.10.